The molecule has 0 saturated heterocycles. The summed E-state index contributed by atoms with van der Waals surface area (Å²) in [4.78, 5) is 26.1. The Morgan fingerprint density at radius 2 is 1.92 bits per heavy atom. The maximum atomic E-state index is 13.9. The van der Waals surface area contributed by atoms with Crippen LogP contribution in [-0.2, 0) is 11.3 Å². The zero-order valence-corrected chi connectivity index (χ0v) is 13.5. The molecule has 0 aromatic heterocycles. The van der Waals surface area contributed by atoms with Gasteiger partial charge in [0.15, 0.2) is 6.67 Å². The quantitative estimate of drug-likeness (QED) is 0.854. The molecule has 0 radical (unpaired) electrons. The second-order valence-electron chi connectivity index (χ2n) is 5.72. The molecule has 1 unspecified atom stereocenters. The lowest BCUT2D eigenvalue weighted by atomic mass is 10.1. The number of halogens is 3. The van der Waals surface area contributed by atoms with Gasteiger partial charge in [0, 0.05) is 0 Å². The fourth-order valence-corrected chi connectivity index (χ4v) is 2.99. The summed E-state index contributed by atoms with van der Waals surface area (Å²) in [6.07, 6.45) is 0. The van der Waals surface area contributed by atoms with Crippen LogP contribution in [0.5, 0.6) is 0 Å². The van der Waals surface area contributed by atoms with E-state index in [1.807, 2.05) is 0 Å². The normalized spacial score (nSPS) is 14.9. The highest BCUT2D eigenvalue weighted by Gasteiger charge is 2.37. The molecule has 2 aromatic rings. The van der Waals surface area contributed by atoms with E-state index < -0.39 is 23.3 Å². The second-order valence-corrected chi connectivity index (χ2v) is 6.12. The Kier molecular flexibility index (Phi) is 4.34. The topological polar surface area (TPSA) is 41.8 Å². The largest absolute Gasteiger partial charge is 0.316 e. The third-order valence-corrected chi connectivity index (χ3v) is 4.26. The fourth-order valence-electron chi connectivity index (χ4n) is 2.76. The number of amides is 1. The molecular formula is C17H14ClF2N2O2+. The molecule has 7 heteroatoms. The third-order valence-electron chi connectivity index (χ3n) is 3.90. The minimum atomic E-state index is -0.735. The molecule has 1 N–H and O–H groups in total. The summed E-state index contributed by atoms with van der Waals surface area (Å²) in [7, 11) is 1.75. The van der Waals surface area contributed by atoms with Crippen LogP contribution in [0.3, 0.4) is 0 Å². The van der Waals surface area contributed by atoms with E-state index in [0.29, 0.717) is 16.3 Å². The number of quaternary nitrogens is 1. The second kappa shape index (κ2) is 6.30. The molecule has 1 amide bonds. The summed E-state index contributed by atoms with van der Waals surface area (Å²) in [5.41, 5.74) is 0.760. The molecule has 0 aliphatic carbocycles. The van der Waals surface area contributed by atoms with Gasteiger partial charge in [-0.1, -0.05) is 17.7 Å². The number of fused-ring (bicyclic) bond motifs is 1. The van der Waals surface area contributed by atoms with E-state index in [2.05, 4.69) is 0 Å². The maximum Gasteiger partial charge on any atom is 0.303 e. The first-order chi connectivity index (χ1) is 11.4. The molecular weight excluding hydrogens is 338 g/mol. The van der Waals surface area contributed by atoms with Crippen molar-refractivity contribution in [2.75, 3.05) is 18.6 Å². The summed E-state index contributed by atoms with van der Waals surface area (Å²) >= 11 is 6.01. The van der Waals surface area contributed by atoms with Gasteiger partial charge < -0.3 is 4.90 Å². The number of hydrogen-bond acceptors (Lipinski definition) is 2. The van der Waals surface area contributed by atoms with Gasteiger partial charge in [-0.3, -0.25) is 14.5 Å². The van der Waals surface area contributed by atoms with Gasteiger partial charge >= 0.3 is 5.91 Å². The summed E-state index contributed by atoms with van der Waals surface area (Å²) in [5.74, 6) is -2.44. The van der Waals surface area contributed by atoms with Gasteiger partial charge in [0.1, 0.15) is 18.2 Å². The van der Waals surface area contributed by atoms with Crippen molar-refractivity contribution in [1.82, 2.24) is 0 Å². The van der Waals surface area contributed by atoms with E-state index in [9.17, 15) is 18.4 Å². The smallest absolute Gasteiger partial charge is 0.303 e. The molecule has 124 valence electrons. The molecule has 1 aliphatic rings. The Balaban J connectivity index is 1.82. The molecule has 3 rings (SSSR count). The van der Waals surface area contributed by atoms with Crippen molar-refractivity contribution in [2.24, 2.45) is 0 Å². The molecule has 1 aliphatic heterocycles. The van der Waals surface area contributed by atoms with Crippen molar-refractivity contribution in [3.8, 4) is 0 Å². The van der Waals surface area contributed by atoms with Crippen molar-refractivity contribution in [3.05, 3.63) is 64.2 Å². The number of nitrogens with zero attached hydrogens (tertiary/aromatic N) is 1. The van der Waals surface area contributed by atoms with Crippen LogP contribution in [0, 0.1) is 11.6 Å². The molecule has 0 saturated carbocycles. The van der Waals surface area contributed by atoms with Crippen LogP contribution < -0.4 is 9.80 Å². The first kappa shape index (κ1) is 16.5. The number of anilines is 1. The van der Waals surface area contributed by atoms with Crippen LogP contribution >= 0.6 is 11.6 Å². The van der Waals surface area contributed by atoms with Gasteiger partial charge in [0.25, 0.3) is 5.78 Å². The number of hydrogen-bond donors (Lipinski definition) is 1. The number of benzene rings is 2. The standard InChI is InChI=1S/C17H13ClF2N2O2/c1-21(8-12-13(18)3-2-4-14(12)20)9-22-15-6-5-10(19)7-11(15)16(23)17(22)24/h2-7H,8-9H2,1H3/p+1. The maximum absolute atomic E-state index is 13.9. The molecule has 0 fully saturated rings. The van der Waals surface area contributed by atoms with Gasteiger partial charge in [0.2, 0.25) is 0 Å². The highest BCUT2D eigenvalue weighted by molar-refractivity contribution is 6.52. The van der Waals surface area contributed by atoms with E-state index >= 15 is 0 Å². The van der Waals surface area contributed by atoms with Crippen molar-refractivity contribution in [2.45, 2.75) is 6.54 Å². The minimum Gasteiger partial charge on any atom is -0.316 e. The minimum absolute atomic E-state index is 0.0525. The lowest BCUT2D eigenvalue weighted by Gasteiger charge is -2.22. The number of carbonyl (C=O) groups excluding carboxylic acids is 2. The Morgan fingerprint density at radius 1 is 1.17 bits per heavy atom. The van der Waals surface area contributed by atoms with Gasteiger partial charge in [-0.15, -0.1) is 0 Å². The highest BCUT2D eigenvalue weighted by atomic mass is 35.5. The van der Waals surface area contributed by atoms with Crippen LogP contribution in [0.2, 0.25) is 5.02 Å². The fraction of sp³-hybridized carbons (Fsp3) is 0.176. The van der Waals surface area contributed by atoms with Crippen LogP contribution in [0.25, 0.3) is 0 Å². The summed E-state index contributed by atoms with van der Waals surface area (Å²) in [6.45, 7) is 0.369. The Hall–Kier alpha value is -2.31. The molecule has 1 atom stereocenters. The molecule has 0 bridgehead atoms. The number of Topliss-reactive ketones (excluding diaryl/α,β-unsaturated/α-hetero) is 1. The average Bonchev–Trinajstić information content (AvgIpc) is 2.76. The van der Waals surface area contributed by atoms with Gasteiger partial charge in [-0.05, 0) is 30.3 Å². The monoisotopic (exact) mass is 351 g/mol. The third kappa shape index (κ3) is 2.90. The molecule has 1 heterocycles. The summed E-state index contributed by atoms with van der Waals surface area (Å²) in [5, 5.41) is 0.306. The molecule has 0 spiro atoms. The van der Waals surface area contributed by atoms with Crippen molar-refractivity contribution in [1.29, 1.82) is 0 Å². The van der Waals surface area contributed by atoms with Crippen molar-refractivity contribution < 1.29 is 23.3 Å². The van der Waals surface area contributed by atoms with E-state index in [-0.39, 0.29) is 18.8 Å². The lowest BCUT2D eigenvalue weighted by molar-refractivity contribution is -0.892. The molecule has 4 nitrogen and oxygen atoms in total. The predicted octanol–water partition coefficient (Wildman–Crippen LogP) is 1.82. The van der Waals surface area contributed by atoms with E-state index in [4.69, 9.17) is 11.6 Å². The summed E-state index contributed by atoms with van der Waals surface area (Å²) < 4.78 is 27.2. The Morgan fingerprint density at radius 3 is 2.62 bits per heavy atom. The average molecular weight is 352 g/mol. The zero-order valence-electron chi connectivity index (χ0n) is 12.8. The Bertz CT molecular complexity index is 821. The number of ketones is 1. The van der Waals surface area contributed by atoms with E-state index in [1.165, 1.54) is 29.2 Å². The van der Waals surface area contributed by atoms with E-state index in [1.54, 1.807) is 13.1 Å². The van der Waals surface area contributed by atoms with Crippen LogP contribution in [0.4, 0.5) is 14.5 Å². The number of nitrogens with one attached hydrogen (secondary N) is 1. The lowest BCUT2D eigenvalue weighted by Crippen LogP contribution is -3.09. The first-order valence-corrected chi connectivity index (χ1v) is 7.66. The van der Waals surface area contributed by atoms with Gasteiger partial charge in [0.05, 0.1) is 28.9 Å². The van der Waals surface area contributed by atoms with Crippen molar-refractivity contribution in [3.63, 3.8) is 0 Å². The zero-order chi connectivity index (χ0) is 17.4. The highest BCUT2D eigenvalue weighted by Crippen LogP contribution is 2.28. The van der Waals surface area contributed by atoms with Crippen LogP contribution in [0.15, 0.2) is 36.4 Å². The van der Waals surface area contributed by atoms with Crippen LogP contribution in [-0.4, -0.2) is 25.4 Å². The Labute approximate surface area is 142 Å². The van der Waals surface area contributed by atoms with E-state index in [0.717, 1.165) is 11.0 Å². The molecule has 24 heavy (non-hydrogen) atoms. The van der Waals surface area contributed by atoms with Crippen LogP contribution in [0.1, 0.15) is 15.9 Å². The molecule has 2 aromatic carbocycles. The van der Waals surface area contributed by atoms with Crippen molar-refractivity contribution >= 4 is 29.0 Å². The first-order valence-electron chi connectivity index (χ1n) is 7.28. The SMILES string of the molecule is C[NH+](Cc1c(F)cccc1Cl)CN1C(=O)C(=O)c2cc(F)ccc21. The van der Waals surface area contributed by atoms with Gasteiger partial charge in [-0.25, -0.2) is 8.78 Å². The number of rotatable bonds is 4. The summed E-state index contributed by atoms with van der Waals surface area (Å²) in [6, 6.07) is 8.08. The number of carbonyl (C=O) groups is 2. The van der Waals surface area contributed by atoms with Gasteiger partial charge in [-0.2, -0.15) is 0 Å². The predicted molar refractivity (Wildman–Crippen MR) is 85.1 cm³/mol.